The number of aliphatic carboxylic acids is 1. The Morgan fingerprint density at radius 3 is 2.33 bits per heavy atom. The highest BCUT2D eigenvalue weighted by molar-refractivity contribution is 7.99. The summed E-state index contributed by atoms with van der Waals surface area (Å²) < 4.78 is 0. The molecule has 138 valence electrons. The van der Waals surface area contributed by atoms with Crippen molar-refractivity contribution in [2.45, 2.75) is 29.1 Å². The van der Waals surface area contributed by atoms with E-state index in [-0.39, 0.29) is 6.42 Å². The van der Waals surface area contributed by atoms with Gasteiger partial charge in [-0.2, -0.15) is 0 Å². The largest absolute Gasteiger partial charge is 0.481 e. The molecule has 0 saturated carbocycles. The zero-order chi connectivity index (χ0) is 18.9. The van der Waals surface area contributed by atoms with Crippen molar-refractivity contribution >= 4 is 23.4 Å². The Bertz CT molecular complexity index is 880. The fourth-order valence-electron chi connectivity index (χ4n) is 2.87. The number of hydrogen-bond acceptors (Lipinski definition) is 3. The van der Waals surface area contributed by atoms with Crippen molar-refractivity contribution in [1.29, 1.82) is 0 Å². The Hall–Kier alpha value is -2.72. The molecule has 0 heterocycles. The summed E-state index contributed by atoms with van der Waals surface area (Å²) in [4.78, 5) is 13.1. The van der Waals surface area contributed by atoms with Gasteiger partial charge in [-0.1, -0.05) is 60.3 Å². The third-order valence-corrected chi connectivity index (χ3v) is 5.12. The molecular formula is C23H23NO2S. The Morgan fingerprint density at radius 1 is 0.852 bits per heavy atom. The molecule has 0 bridgehead atoms. The number of carboxylic acid groups (broad SMARTS) is 1. The zero-order valence-corrected chi connectivity index (χ0v) is 15.9. The number of carboxylic acids is 1. The van der Waals surface area contributed by atoms with Gasteiger partial charge in [0.1, 0.15) is 0 Å². The highest BCUT2D eigenvalue weighted by Gasteiger charge is 2.04. The Kier molecular flexibility index (Phi) is 6.94. The molecule has 0 amide bonds. The average Bonchev–Trinajstić information content (AvgIpc) is 2.66. The summed E-state index contributed by atoms with van der Waals surface area (Å²) >= 11 is 1.65. The van der Waals surface area contributed by atoms with Crippen LogP contribution in [0.25, 0.3) is 0 Å². The molecule has 3 nitrogen and oxygen atoms in total. The summed E-state index contributed by atoms with van der Waals surface area (Å²) in [5, 5.41) is 12.4. The van der Waals surface area contributed by atoms with Gasteiger partial charge in [0.05, 0.1) is 6.42 Å². The monoisotopic (exact) mass is 377 g/mol. The smallest absolute Gasteiger partial charge is 0.307 e. The van der Waals surface area contributed by atoms with E-state index in [1.165, 1.54) is 5.56 Å². The van der Waals surface area contributed by atoms with Gasteiger partial charge in [-0.3, -0.25) is 4.79 Å². The molecule has 0 aliphatic heterocycles. The summed E-state index contributed by atoms with van der Waals surface area (Å²) in [5.41, 5.74) is 3.29. The van der Waals surface area contributed by atoms with Gasteiger partial charge >= 0.3 is 5.97 Å². The minimum Gasteiger partial charge on any atom is -0.481 e. The van der Waals surface area contributed by atoms with E-state index < -0.39 is 5.97 Å². The first-order chi connectivity index (χ1) is 13.2. The number of hydrogen-bond donors (Lipinski definition) is 2. The highest BCUT2D eigenvalue weighted by Crippen LogP contribution is 2.30. The predicted octanol–water partition coefficient (Wildman–Crippen LogP) is 5.51. The summed E-state index contributed by atoms with van der Waals surface area (Å²) in [6.07, 6.45) is 2.20. The second kappa shape index (κ2) is 9.83. The molecule has 4 heteroatoms. The third kappa shape index (κ3) is 6.50. The maximum Gasteiger partial charge on any atom is 0.307 e. The van der Waals surface area contributed by atoms with E-state index in [9.17, 15) is 4.79 Å². The molecule has 0 unspecified atom stereocenters. The van der Waals surface area contributed by atoms with Crippen molar-refractivity contribution in [3.05, 3.63) is 90.0 Å². The van der Waals surface area contributed by atoms with Crippen molar-refractivity contribution < 1.29 is 9.90 Å². The van der Waals surface area contributed by atoms with Crippen molar-refractivity contribution in [1.82, 2.24) is 0 Å². The van der Waals surface area contributed by atoms with Crippen molar-refractivity contribution in [2.24, 2.45) is 0 Å². The molecule has 2 N–H and O–H groups in total. The van der Waals surface area contributed by atoms with Crippen LogP contribution in [0.5, 0.6) is 0 Å². The van der Waals surface area contributed by atoms with Crippen LogP contribution >= 0.6 is 11.8 Å². The van der Waals surface area contributed by atoms with Gasteiger partial charge in [0.25, 0.3) is 0 Å². The van der Waals surface area contributed by atoms with E-state index in [2.05, 4.69) is 47.8 Å². The fourth-order valence-corrected chi connectivity index (χ4v) is 3.83. The van der Waals surface area contributed by atoms with Gasteiger partial charge in [0.2, 0.25) is 0 Å². The van der Waals surface area contributed by atoms with Crippen molar-refractivity contribution in [3.63, 3.8) is 0 Å². The summed E-state index contributed by atoms with van der Waals surface area (Å²) in [5.74, 6) is -0.807. The summed E-state index contributed by atoms with van der Waals surface area (Å²) in [6.45, 7) is 0.928. The lowest BCUT2D eigenvalue weighted by Crippen LogP contribution is -2.02. The van der Waals surface area contributed by atoms with E-state index in [0.29, 0.717) is 0 Å². The average molecular weight is 378 g/mol. The maximum absolute atomic E-state index is 10.9. The van der Waals surface area contributed by atoms with Gasteiger partial charge in [-0.15, -0.1) is 0 Å². The van der Waals surface area contributed by atoms with Crippen LogP contribution in [-0.4, -0.2) is 17.6 Å². The Morgan fingerprint density at radius 2 is 1.56 bits per heavy atom. The molecule has 0 aliphatic carbocycles. The number of anilines is 1. The Balaban J connectivity index is 1.53. The normalized spacial score (nSPS) is 10.5. The van der Waals surface area contributed by atoms with E-state index in [4.69, 9.17) is 5.11 Å². The molecule has 0 spiro atoms. The van der Waals surface area contributed by atoms with Crippen LogP contribution < -0.4 is 5.32 Å². The fraction of sp³-hybridized carbons (Fsp3) is 0.174. The maximum atomic E-state index is 10.9. The van der Waals surface area contributed by atoms with E-state index in [0.717, 1.165) is 40.4 Å². The second-order valence-corrected chi connectivity index (χ2v) is 7.51. The number of rotatable bonds is 9. The first-order valence-corrected chi connectivity index (χ1v) is 9.87. The molecular weight excluding hydrogens is 354 g/mol. The number of carbonyl (C=O) groups is 1. The molecule has 3 rings (SSSR count). The molecule has 27 heavy (non-hydrogen) atoms. The lowest BCUT2D eigenvalue weighted by molar-refractivity contribution is -0.136. The quantitative estimate of drug-likeness (QED) is 0.483. The third-order valence-electron chi connectivity index (χ3n) is 4.14. The molecule has 0 atom stereocenters. The first kappa shape index (κ1) is 19.1. The molecule has 0 radical (unpaired) electrons. The predicted molar refractivity (Wildman–Crippen MR) is 112 cm³/mol. The molecule has 3 aromatic carbocycles. The van der Waals surface area contributed by atoms with Gasteiger partial charge in [0.15, 0.2) is 0 Å². The van der Waals surface area contributed by atoms with Gasteiger partial charge in [-0.25, -0.2) is 0 Å². The van der Waals surface area contributed by atoms with E-state index in [1.54, 1.807) is 11.8 Å². The number of nitrogens with one attached hydrogen (secondary N) is 1. The summed E-state index contributed by atoms with van der Waals surface area (Å²) in [7, 11) is 0. The van der Waals surface area contributed by atoms with E-state index >= 15 is 0 Å². The number of benzene rings is 3. The van der Waals surface area contributed by atoms with Crippen molar-refractivity contribution in [2.75, 3.05) is 11.9 Å². The minimum absolute atomic E-state index is 0.0530. The van der Waals surface area contributed by atoms with Gasteiger partial charge in [-0.05, 0) is 54.3 Å². The molecule has 3 aromatic rings. The van der Waals surface area contributed by atoms with E-state index in [1.807, 2.05) is 36.4 Å². The lowest BCUT2D eigenvalue weighted by Gasteiger charge is -2.09. The molecule has 0 saturated heterocycles. The van der Waals surface area contributed by atoms with Crippen LogP contribution in [0.4, 0.5) is 5.69 Å². The highest BCUT2D eigenvalue weighted by atomic mass is 32.2. The van der Waals surface area contributed by atoms with Crippen LogP contribution in [0.15, 0.2) is 88.7 Å². The lowest BCUT2D eigenvalue weighted by atomic mass is 10.1. The summed E-state index contributed by atoms with van der Waals surface area (Å²) in [6, 6.07) is 26.6. The van der Waals surface area contributed by atoms with Crippen molar-refractivity contribution in [3.8, 4) is 0 Å². The topological polar surface area (TPSA) is 49.3 Å². The SMILES string of the molecule is O=C(O)Cc1cccc(Sc2cccc(NCCCc3ccccc3)c2)c1. The van der Waals surface area contributed by atoms with Crippen LogP contribution in [0, 0.1) is 0 Å². The van der Waals surface area contributed by atoms with Gasteiger partial charge < -0.3 is 10.4 Å². The molecule has 0 aliphatic rings. The molecule has 0 aromatic heterocycles. The Labute approximate surface area is 164 Å². The van der Waals surface area contributed by atoms with Crippen LogP contribution in [0.3, 0.4) is 0 Å². The standard InChI is InChI=1S/C23H23NO2S/c25-23(26)16-19-9-4-12-21(15-19)27-22-13-5-11-20(17-22)24-14-6-10-18-7-2-1-3-8-18/h1-5,7-9,11-13,15,17,24H,6,10,14,16H2,(H,25,26). The van der Waals surface area contributed by atoms with Crippen LogP contribution in [0.2, 0.25) is 0 Å². The first-order valence-electron chi connectivity index (χ1n) is 9.05. The second-order valence-electron chi connectivity index (χ2n) is 6.36. The molecule has 0 fully saturated rings. The number of aryl methyl sites for hydroxylation is 1. The van der Waals surface area contributed by atoms with Crippen LogP contribution in [0.1, 0.15) is 17.5 Å². The zero-order valence-electron chi connectivity index (χ0n) is 15.1. The minimum atomic E-state index is -0.807. The van der Waals surface area contributed by atoms with Gasteiger partial charge in [0, 0.05) is 22.0 Å². The van der Waals surface area contributed by atoms with Crippen LogP contribution in [-0.2, 0) is 17.6 Å².